The third-order valence-corrected chi connectivity index (χ3v) is 6.13. The Morgan fingerprint density at radius 3 is 2.86 bits per heavy atom. The van der Waals surface area contributed by atoms with Gasteiger partial charge in [0.15, 0.2) is 0 Å². The molecule has 4 rings (SSSR count). The predicted octanol–water partition coefficient (Wildman–Crippen LogP) is 2.79. The number of rotatable bonds is 5. The largest absolute Gasteiger partial charge is 0.350 e. The van der Waals surface area contributed by atoms with E-state index in [4.69, 9.17) is 11.6 Å². The third-order valence-electron chi connectivity index (χ3n) is 4.93. The minimum atomic E-state index is -0.875. The molecule has 2 aromatic heterocycles. The van der Waals surface area contributed by atoms with Crippen LogP contribution in [0.3, 0.4) is 0 Å². The van der Waals surface area contributed by atoms with Gasteiger partial charge in [-0.3, -0.25) is 9.59 Å². The summed E-state index contributed by atoms with van der Waals surface area (Å²) in [7, 11) is 0. The normalized spacial score (nSPS) is 16.5. The molecule has 0 spiro atoms. The Morgan fingerprint density at radius 1 is 1.38 bits per heavy atom. The van der Waals surface area contributed by atoms with E-state index in [1.54, 1.807) is 19.1 Å². The lowest BCUT2D eigenvalue weighted by atomic mass is 10.2. The molecule has 1 aliphatic heterocycles. The van der Waals surface area contributed by atoms with Crippen LogP contribution < -0.4 is 15.8 Å². The van der Waals surface area contributed by atoms with Crippen molar-refractivity contribution in [2.24, 2.45) is 0 Å². The number of hydrogen-bond acceptors (Lipinski definition) is 6. The second kappa shape index (κ2) is 8.08. The highest BCUT2D eigenvalue weighted by molar-refractivity contribution is 7.20. The summed E-state index contributed by atoms with van der Waals surface area (Å²) in [6, 6.07) is 6.89. The molecular formula is C19H19ClFN5O2S. The molecule has 1 N–H and O–H groups in total. The molecular weight excluding hydrogens is 417 g/mol. The van der Waals surface area contributed by atoms with Gasteiger partial charge in [-0.15, -0.1) is 5.10 Å². The summed E-state index contributed by atoms with van der Waals surface area (Å²) in [5.41, 5.74) is 0.270. The highest BCUT2D eigenvalue weighted by Crippen LogP contribution is 2.29. The molecule has 1 saturated heterocycles. The molecule has 1 amide bonds. The van der Waals surface area contributed by atoms with E-state index in [2.05, 4.69) is 15.4 Å². The summed E-state index contributed by atoms with van der Waals surface area (Å²) in [6.45, 7) is 2.77. The second-order valence-electron chi connectivity index (χ2n) is 6.81. The van der Waals surface area contributed by atoms with E-state index in [0.717, 1.165) is 16.5 Å². The van der Waals surface area contributed by atoms with Crippen LogP contribution in [0.15, 0.2) is 29.1 Å². The molecule has 29 heavy (non-hydrogen) atoms. The monoisotopic (exact) mass is 435 g/mol. The number of benzene rings is 1. The van der Waals surface area contributed by atoms with Gasteiger partial charge in [0.25, 0.3) is 0 Å². The number of carbonyl (C=O) groups excluding carboxylic acids is 1. The van der Waals surface area contributed by atoms with E-state index < -0.39 is 17.4 Å². The SMILES string of the molecule is CCc1nc2sc(N3CCCC3C(=O)NCc3ccc(Cl)cc3)nn2c(=O)c1F. The van der Waals surface area contributed by atoms with Gasteiger partial charge in [0.1, 0.15) is 6.04 Å². The van der Waals surface area contributed by atoms with E-state index in [1.807, 2.05) is 17.0 Å². The van der Waals surface area contributed by atoms with Crippen molar-refractivity contribution in [3.8, 4) is 0 Å². The van der Waals surface area contributed by atoms with E-state index in [1.165, 1.54) is 11.3 Å². The molecule has 0 aliphatic carbocycles. The van der Waals surface area contributed by atoms with E-state index in [-0.39, 0.29) is 11.6 Å². The number of amides is 1. The number of nitrogens with one attached hydrogen (secondary N) is 1. The summed E-state index contributed by atoms with van der Waals surface area (Å²) in [6.07, 6.45) is 1.83. The first-order chi connectivity index (χ1) is 14.0. The summed E-state index contributed by atoms with van der Waals surface area (Å²) in [5, 5.41) is 8.32. The Labute approximate surface area is 175 Å². The van der Waals surface area contributed by atoms with Gasteiger partial charge >= 0.3 is 5.56 Å². The van der Waals surface area contributed by atoms with Crippen LogP contribution in [-0.4, -0.2) is 33.1 Å². The van der Waals surface area contributed by atoms with Crippen LogP contribution in [0.2, 0.25) is 5.02 Å². The fourth-order valence-corrected chi connectivity index (χ4v) is 4.50. The fraction of sp³-hybridized carbons (Fsp3) is 0.368. The zero-order valence-corrected chi connectivity index (χ0v) is 17.3. The Bertz CT molecular complexity index is 1110. The topological polar surface area (TPSA) is 79.6 Å². The van der Waals surface area contributed by atoms with Gasteiger partial charge in [0.2, 0.25) is 21.8 Å². The first kappa shape index (κ1) is 19.8. The highest BCUT2D eigenvalue weighted by atomic mass is 35.5. The van der Waals surface area contributed by atoms with Crippen molar-refractivity contribution < 1.29 is 9.18 Å². The molecule has 0 radical (unpaired) electrons. The second-order valence-corrected chi connectivity index (χ2v) is 8.18. The van der Waals surface area contributed by atoms with Gasteiger partial charge in [-0.05, 0) is 37.0 Å². The number of fused-ring (bicyclic) bond motifs is 1. The van der Waals surface area contributed by atoms with Crippen LogP contribution in [-0.2, 0) is 17.8 Å². The molecule has 1 atom stereocenters. The number of carbonyl (C=O) groups is 1. The standard InChI is InChI=1S/C19H19ClFN5O2S/c1-2-13-15(21)17(28)26-18(23-13)29-19(24-26)25-9-3-4-14(25)16(27)22-10-11-5-7-12(20)8-6-11/h5-8,14H,2-4,9-10H2,1H3,(H,22,27). The maximum atomic E-state index is 14.1. The molecule has 1 fully saturated rings. The number of nitrogens with zero attached hydrogens (tertiary/aromatic N) is 4. The van der Waals surface area contributed by atoms with Crippen LogP contribution >= 0.6 is 22.9 Å². The van der Waals surface area contributed by atoms with Crippen LogP contribution in [0.5, 0.6) is 0 Å². The molecule has 0 saturated carbocycles. The van der Waals surface area contributed by atoms with E-state index in [0.29, 0.717) is 41.0 Å². The van der Waals surface area contributed by atoms with Crippen LogP contribution in [0.4, 0.5) is 9.52 Å². The van der Waals surface area contributed by atoms with Crippen LogP contribution in [0.1, 0.15) is 31.0 Å². The zero-order valence-electron chi connectivity index (χ0n) is 15.7. The average molecular weight is 436 g/mol. The number of aromatic nitrogens is 3. The van der Waals surface area contributed by atoms with Crippen LogP contribution in [0, 0.1) is 5.82 Å². The van der Waals surface area contributed by atoms with Gasteiger partial charge in [-0.2, -0.15) is 8.91 Å². The molecule has 7 nitrogen and oxygen atoms in total. The Morgan fingerprint density at radius 2 is 2.14 bits per heavy atom. The van der Waals surface area contributed by atoms with Gasteiger partial charge in [-0.1, -0.05) is 42.0 Å². The fourth-order valence-electron chi connectivity index (χ4n) is 3.38. The minimum Gasteiger partial charge on any atom is -0.350 e. The first-order valence-electron chi connectivity index (χ1n) is 9.35. The Kier molecular flexibility index (Phi) is 5.51. The third kappa shape index (κ3) is 3.84. The van der Waals surface area contributed by atoms with E-state index >= 15 is 0 Å². The van der Waals surface area contributed by atoms with E-state index in [9.17, 15) is 14.0 Å². The minimum absolute atomic E-state index is 0.113. The lowest BCUT2D eigenvalue weighted by Gasteiger charge is -2.22. The highest BCUT2D eigenvalue weighted by Gasteiger charge is 2.33. The molecule has 152 valence electrons. The number of halogens is 2. The molecule has 1 unspecified atom stereocenters. The molecule has 1 aromatic carbocycles. The zero-order chi connectivity index (χ0) is 20.5. The average Bonchev–Trinajstić information content (AvgIpc) is 3.37. The molecule has 1 aliphatic rings. The van der Waals surface area contributed by atoms with Gasteiger partial charge in [0.05, 0.1) is 5.69 Å². The first-order valence-corrected chi connectivity index (χ1v) is 10.5. The predicted molar refractivity (Wildman–Crippen MR) is 110 cm³/mol. The van der Waals surface area contributed by atoms with Crippen molar-refractivity contribution in [3.63, 3.8) is 0 Å². The number of hydrogen-bond donors (Lipinski definition) is 1. The van der Waals surface area contributed by atoms with Gasteiger partial charge < -0.3 is 10.2 Å². The smallest absolute Gasteiger partial charge is 0.311 e. The number of aryl methyl sites for hydroxylation is 1. The molecule has 10 heteroatoms. The lowest BCUT2D eigenvalue weighted by Crippen LogP contribution is -2.43. The van der Waals surface area contributed by atoms with Crippen molar-refractivity contribution >= 4 is 38.9 Å². The summed E-state index contributed by atoms with van der Waals surface area (Å²) in [5.74, 6) is -0.988. The summed E-state index contributed by atoms with van der Waals surface area (Å²) in [4.78, 5) is 31.4. The van der Waals surface area contributed by atoms with Crippen molar-refractivity contribution in [2.75, 3.05) is 11.4 Å². The van der Waals surface area contributed by atoms with Crippen LogP contribution in [0.25, 0.3) is 4.96 Å². The van der Waals surface area contributed by atoms with Gasteiger partial charge in [0, 0.05) is 18.1 Å². The summed E-state index contributed by atoms with van der Waals surface area (Å²) >= 11 is 7.08. The Balaban J connectivity index is 1.54. The molecule has 3 heterocycles. The maximum absolute atomic E-state index is 14.1. The van der Waals surface area contributed by atoms with Crippen molar-refractivity contribution in [1.82, 2.24) is 19.9 Å². The quantitative estimate of drug-likeness (QED) is 0.666. The number of anilines is 1. The van der Waals surface area contributed by atoms with Crippen molar-refractivity contribution in [3.05, 3.63) is 56.7 Å². The molecule has 0 bridgehead atoms. The Hall–Kier alpha value is -2.52. The van der Waals surface area contributed by atoms with Crippen molar-refractivity contribution in [2.45, 2.75) is 38.8 Å². The maximum Gasteiger partial charge on any atom is 0.311 e. The summed E-state index contributed by atoms with van der Waals surface area (Å²) < 4.78 is 15.1. The van der Waals surface area contributed by atoms with Crippen molar-refractivity contribution in [1.29, 1.82) is 0 Å². The van der Waals surface area contributed by atoms with Gasteiger partial charge in [-0.25, -0.2) is 4.98 Å². The molecule has 3 aromatic rings. The lowest BCUT2D eigenvalue weighted by molar-refractivity contribution is -0.122.